The van der Waals surface area contributed by atoms with Crippen molar-refractivity contribution >= 4 is 5.69 Å². The van der Waals surface area contributed by atoms with Crippen LogP contribution in [0.1, 0.15) is 30.9 Å². The Morgan fingerprint density at radius 3 is 2.81 bits per heavy atom. The maximum absolute atomic E-state index is 9.02. The van der Waals surface area contributed by atoms with E-state index in [4.69, 9.17) is 10.4 Å². The van der Waals surface area contributed by atoms with Crippen LogP contribution in [0.5, 0.6) is 0 Å². The number of benzene rings is 1. The number of anilines is 1. The van der Waals surface area contributed by atoms with Crippen molar-refractivity contribution in [3.8, 4) is 6.07 Å². The molecule has 3 nitrogen and oxygen atoms in total. The third-order valence-electron chi connectivity index (χ3n) is 2.63. The molecule has 0 saturated heterocycles. The summed E-state index contributed by atoms with van der Waals surface area (Å²) in [7, 11) is 0. The fourth-order valence-corrected chi connectivity index (χ4v) is 1.63. The lowest BCUT2D eigenvalue weighted by atomic mass is 10.1. The second-order valence-corrected chi connectivity index (χ2v) is 3.92. The molecular formula is C13H18N2O. The number of aliphatic hydroxyl groups excluding tert-OH is 1. The molecule has 86 valence electrons. The SMILES string of the molecule is CCC(CCO)Nc1ccc(C)cc1C#N. The zero-order chi connectivity index (χ0) is 12.0. The molecule has 0 spiro atoms. The van der Waals surface area contributed by atoms with Gasteiger partial charge in [-0.15, -0.1) is 0 Å². The highest BCUT2D eigenvalue weighted by atomic mass is 16.3. The first-order valence-electron chi connectivity index (χ1n) is 5.59. The number of rotatable bonds is 5. The minimum Gasteiger partial charge on any atom is -0.396 e. The van der Waals surface area contributed by atoms with Gasteiger partial charge in [-0.3, -0.25) is 0 Å². The van der Waals surface area contributed by atoms with Crippen molar-refractivity contribution in [3.05, 3.63) is 29.3 Å². The van der Waals surface area contributed by atoms with Crippen LogP contribution in [0.3, 0.4) is 0 Å². The summed E-state index contributed by atoms with van der Waals surface area (Å²) in [5, 5.41) is 21.2. The first kappa shape index (κ1) is 12.5. The molecule has 1 rings (SSSR count). The van der Waals surface area contributed by atoms with E-state index in [0.717, 1.165) is 17.7 Å². The fraction of sp³-hybridized carbons (Fsp3) is 0.462. The zero-order valence-electron chi connectivity index (χ0n) is 9.83. The van der Waals surface area contributed by atoms with Crippen molar-refractivity contribution in [1.29, 1.82) is 5.26 Å². The summed E-state index contributed by atoms with van der Waals surface area (Å²) in [6.45, 7) is 4.20. The number of aryl methyl sites for hydroxylation is 1. The molecule has 0 bridgehead atoms. The van der Waals surface area contributed by atoms with Crippen LogP contribution in [-0.2, 0) is 0 Å². The predicted octanol–water partition coefficient (Wildman–Crippen LogP) is 2.44. The van der Waals surface area contributed by atoms with Gasteiger partial charge in [-0.05, 0) is 37.5 Å². The maximum Gasteiger partial charge on any atom is 0.101 e. The molecule has 16 heavy (non-hydrogen) atoms. The molecule has 0 aliphatic rings. The average molecular weight is 218 g/mol. The van der Waals surface area contributed by atoms with Crippen LogP contribution < -0.4 is 5.32 Å². The van der Waals surface area contributed by atoms with E-state index in [1.54, 1.807) is 0 Å². The summed E-state index contributed by atoms with van der Waals surface area (Å²) in [5.41, 5.74) is 2.60. The molecule has 1 unspecified atom stereocenters. The second-order valence-electron chi connectivity index (χ2n) is 3.92. The van der Waals surface area contributed by atoms with Gasteiger partial charge in [0.15, 0.2) is 0 Å². The lowest BCUT2D eigenvalue weighted by Crippen LogP contribution is -2.20. The summed E-state index contributed by atoms with van der Waals surface area (Å²) in [4.78, 5) is 0. The van der Waals surface area contributed by atoms with Gasteiger partial charge < -0.3 is 10.4 Å². The molecule has 1 aromatic carbocycles. The van der Waals surface area contributed by atoms with Crippen molar-refractivity contribution < 1.29 is 5.11 Å². The Bertz CT molecular complexity index is 382. The van der Waals surface area contributed by atoms with E-state index in [0.29, 0.717) is 12.0 Å². The maximum atomic E-state index is 9.02. The van der Waals surface area contributed by atoms with Crippen LogP contribution in [0.2, 0.25) is 0 Å². The Morgan fingerprint density at radius 1 is 1.50 bits per heavy atom. The molecule has 0 radical (unpaired) electrons. The summed E-state index contributed by atoms with van der Waals surface area (Å²) >= 11 is 0. The molecule has 3 heteroatoms. The Kier molecular flexibility index (Phi) is 4.81. The Morgan fingerprint density at radius 2 is 2.25 bits per heavy atom. The molecule has 0 saturated carbocycles. The Hall–Kier alpha value is -1.53. The number of hydrogen-bond acceptors (Lipinski definition) is 3. The number of nitrogens with zero attached hydrogens (tertiary/aromatic N) is 1. The standard InChI is InChI=1S/C13H18N2O/c1-3-12(6-7-16)15-13-5-4-10(2)8-11(13)9-14/h4-5,8,12,15-16H,3,6-7H2,1-2H3. The van der Waals surface area contributed by atoms with Crippen molar-refractivity contribution in [2.24, 2.45) is 0 Å². The van der Waals surface area contributed by atoms with Crippen LogP contribution in [0.15, 0.2) is 18.2 Å². The van der Waals surface area contributed by atoms with E-state index < -0.39 is 0 Å². The molecule has 0 aromatic heterocycles. The van der Waals surface area contributed by atoms with Crippen LogP contribution in [0, 0.1) is 18.3 Å². The predicted molar refractivity (Wildman–Crippen MR) is 65.3 cm³/mol. The lowest BCUT2D eigenvalue weighted by molar-refractivity contribution is 0.278. The van der Waals surface area contributed by atoms with Gasteiger partial charge in [-0.2, -0.15) is 5.26 Å². The molecule has 0 aliphatic heterocycles. The van der Waals surface area contributed by atoms with Gasteiger partial charge in [0.25, 0.3) is 0 Å². The van der Waals surface area contributed by atoms with E-state index in [1.807, 2.05) is 25.1 Å². The molecule has 0 amide bonds. The topological polar surface area (TPSA) is 56.0 Å². The molecule has 1 aromatic rings. The molecular weight excluding hydrogens is 200 g/mol. The Balaban J connectivity index is 2.83. The lowest BCUT2D eigenvalue weighted by Gasteiger charge is -2.18. The van der Waals surface area contributed by atoms with Crippen LogP contribution in [-0.4, -0.2) is 17.8 Å². The largest absolute Gasteiger partial charge is 0.396 e. The molecule has 2 N–H and O–H groups in total. The normalized spacial score (nSPS) is 11.9. The minimum atomic E-state index is 0.166. The smallest absolute Gasteiger partial charge is 0.101 e. The average Bonchev–Trinajstić information content (AvgIpc) is 2.30. The Labute approximate surface area is 96.7 Å². The van der Waals surface area contributed by atoms with Gasteiger partial charge in [-0.25, -0.2) is 0 Å². The second kappa shape index (κ2) is 6.14. The highest BCUT2D eigenvalue weighted by Crippen LogP contribution is 2.18. The van der Waals surface area contributed by atoms with Crippen molar-refractivity contribution in [2.45, 2.75) is 32.7 Å². The third-order valence-corrected chi connectivity index (χ3v) is 2.63. The monoisotopic (exact) mass is 218 g/mol. The quantitative estimate of drug-likeness (QED) is 0.798. The number of aliphatic hydroxyl groups is 1. The number of nitrogens with one attached hydrogen (secondary N) is 1. The first-order valence-corrected chi connectivity index (χ1v) is 5.59. The molecule has 1 atom stereocenters. The summed E-state index contributed by atoms with van der Waals surface area (Å²) in [5.74, 6) is 0. The van der Waals surface area contributed by atoms with E-state index in [-0.39, 0.29) is 12.6 Å². The van der Waals surface area contributed by atoms with E-state index >= 15 is 0 Å². The van der Waals surface area contributed by atoms with Gasteiger partial charge in [0.05, 0.1) is 11.3 Å². The number of nitriles is 1. The van der Waals surface area contributed by atoms with Gasteiger partial charge in [0.2, 0.25) is 0 Å². The van der Waals surface area contributed by atoms with E-state index in [9.17, 15) is 0 Å². The minimum absolute atomic E-state index is 0.166. The van der Waals surface area contributed by atoms with E-state index in [1.165, 1.54) is 0 Å². The van der Waals surface area contributed by atoms with Crippen LogP contribution in [0.25, 0.3) is 0 Å². The molecule has 0 fully saturated rings. The zero-order valence-corrected chi connectivity index (χ0v) is 9.83. The van der Waals surface area contributed by atoms with Crippen LogP contribution in [0.4, 0.5) is 5.69 Å². The fourth-order valence-electron chi connectivity index (χ4n) is 1.63. The van der Waals surface area contributed by atoms with Crippen molar-refractivity contribution in [1.82, 2.24) is 0 Å². The highest BCUT2D eigenvalue weighted by molar-refractivity contribution is 5.59. The van der Waals surface area contributed by atoms with Crippen molar-refractivity contribution in [2.75, 3.05) is 11.9 Å². The molecule has 0 heterocycles. The summed E-state index contributed by atoms with van der Waals surface area (Å²) in [6, 6.07) is 8.18. The first-order chi connectivity index (χ1) is 7.71. The summed E-state index contributed by atoms with van der Waals surface area (Å²) < 4.78 is 0. The third kappa shape index (κ3) is 3.25. The van der Waals surface area contributed by atoms with Crippen molar-refractivity contribution in [3.63, 3.8) is 0 Å². The van der Waals surface area contributed by atoms with Crippen LogP contribution >= 0.6 is 0 Å². The van der Waals surface area contributed by atoms with Gasteiger partial charge >= 0.3 is 0 Å². The van der Waals surface area contributed by atoms with Gasteiger partial charge in [-0.1, -0.05) is 13.0 Å². The highest BCUT2D eigenvalue weighted by Gasteiger charge is 2.08. The van der Waals surface area contributed by atoms with Gasteiger partial charge in [0.1, 0.15) is 6.07 Å². The van der Waals surface area contributed by atoms with Gasteiger partial charge in [0, 0.05) is 12.6 Å². The van der Waals surface area contributed by atoms with E-state index in [2.05, 4.69) is 18.3 Å². The summed E-state index contributed by atoms with van der Waals surface area (Å²) in [6.07, 6.45) is 1.63. The molecule has 0 aliphatic carbocycles. The number of hydrogen-bond donors (Lipinski definition) is 2.